The Morgan fingerprint density at radius 3 is 2.59 bits per heavy atom. The van der Waals surface area contributed by atoms with Crippen LogP contribution in [0.5, 0.6) is 0 Å². The minimum atomic E-state index is 0. The van der Waals surface area contributed by atoms with Gasteiger partial charge in [-0.15, -0.1) is 24.0 Å². The van der Waals surface area contributed by atoms with E-state index in [1.807, 2.05) is 24.3 Å². The van der Waals surface area contributed by atoms with Crippen LogP contribution in [0.25, 0.3) is 11.4 Å². The highest BCUT2D eigenvalue weighted by atomic mass is 127. The average Bonchev–Trinajstić information content (AvgIpc) is 3.09. The van der Waals surface area contributed by atoms with Gasteiger partial charge in [0.1, 0.15) is 0 Å². The maximum Gasteiger partial charge on any atom is 0.228 e. The van der Waals surface area contributed by atoms with Gasteiger partial charge in [-0.05, 0) is 48.9 Å². The second kappa shape index (κ2) is 10.3. The van der Waals surface area contributed by atoms with Gasteiger partial charge in [-0.25, -0.2) is 0 Å². The Labute approximate surface area is 182 Å². The number of nitrogens with one attached hydrogen (secondary N) is 2. The second-order valence-corrected chi connectivity index (χ2v) is 7.26. The van der Waals surface area contributed by atoms with Crippen molar-refractivity contribution in [3.63, 3.8) is 0 Å². The monoisotopic (exact) mass is 503 g/mol. The average molecular weight is 504 g/mol. The molecule has 0 bridgehead atoms. The molecule has 0 amide bonds. The van der Waals surface area contributed by atoms with E-state index >= 15 is 0 Å². The number of benzene rings is 1. The molecule has 1 aliphatic rings. The first-order valence-electron chi connectivity index (χ1n) is 9.17. The first-order chi connectivity index (χ1) is 12.6. The van der Waals surface area contributed by atoms with E-state index in [0.717, 1.165) is 18.1 Å². The highest BCUT2D eigenvalue weighted by Crippen LogP contribution is 2.42. The SMILES string of the molecule is CCC1(CNC(=NC)NCCc2nc(-c3ccc(Cl)cc3)no2)CCC1.I. The van der Waals surface area contributed by atoms with Crippen LogP contribution in [-0.4, -0.2) is 36.2 Å². The van der Waals surface area contributed by atoms with Crippen molar-refractivity contribution in [2.75, 3.05) is 20.1 Å². The first kappa shape index (κ1) is 21.9. The highest BCUT2D eigenvalue weighted by molar-refractivity contribution is 14.0. The number of guanidine groups is 1. The fourth-order valence-electron chi connectivity index (χ4n) is 3.18. The van der Waals surface area contributed by atoms with Crippen LogP contribution < -0.4 is 10.6 Å². The Hall–Kier alpha value is -1.35. The number of rotatable bonds is 7. The van der Waals surface area contributed by atoms with Gasteiger partial charge in [0.2, 0.25) is 11.7 Å². The molecule has 0 spiro atoms. The van der Waals surface area contributed by atoms with E-state index in [4.69, 9.17) is 16.1 Å². The lowest BCUT2D eigenvalue weighted by molar-refractivity contribution is 0.131. The van der Waals surface area contributed by atoms with Gasteiger partial charge in [-0.2, -0.15) is 4.98 Å². The zero-order chi connectivity index (χ0) is 18.4. The third-order valence-corrected chi connectivity index (χ3v) is 5.47. The van der Waals surface area contributed by atoms with Crippen LogP contribution >= 0.6 is 35.6 Å². The Morgan fingerprint density at radius 2 is 2.00 bits per heavy atom. The summed E-state index contributed by atoms with van der Waals surface area (Å²) in [5.41, 5.74) is 1.35. The number of nitrogens with zero attached hydrogens (tertiary/aromatic N) is 3. The lowest BCUT2D eigenvalue weighted by atomic mass is 9.67. The first-order valence-corrected chi connectivity index (χ1v) is 9.55. The lowest BCUT2D eigenvalue weighted by Crippen LogP contribution is -2.46. The molecule has 1 aliphatic carbocycles. The van der Waals surface area contributed by atoms with Crippen molar-refractivity contribution in [2.45, 2.75) is 39.0 Å². The van der Waals surface area contributed by atoms with Crippen LogP contribution in [-0.2, 0) is 6.42 Å². The van der Waals surface area contributed by atoms with Crippen LogP contribution in [0.4, 0.5) is 0 Å². The normalized spacial score (nSPS) is 15.6. The van der Waals surface area contributed by atoms with Crippen molar-refractivity contribution < 1.29 is 4.52 Å². The number of halogens is 2. The van der Waals surface area contributed by atoms with Gasteiger partial charge >= 0.3 is 0 Å². The third-order valence-electron chi connectivity index (χ3n) is 5.22. The molecule has 0 atom stereocenters. The summed E-state index contributed by atoms with van der Waals surface area (Å²) < 4.78 is 5.33. The molecule has 148 valence electrons. The summed E-state index contributed by atoms with van der Waals surface area (Å²) in [5.74, 6) is 2.00. The summed E-state index contributed by atoms with van der Waals surface area (Å²) in [5, 5.41) is 11.5. The molecule has 0 saturated heterocycles. The van der Waals surface area contributed by atoms with Crippen LogP contribution in [0.3, 0.4) is 0 Å². The number of aliphatic imine (C=N–C) groups is 1. The molecular formula is C19H27ClIN5O. The molecule has 6 nitrogen and oxygen atoms in total. The van der Waals surface area contributed by atoms with Crippen LogP contribution in [0.1, 0.15) is 38.5 Å². The van der Waals surface area contributed by atoms with Crippen molar-refractivity contribution in [1.29, 1.82) is 0 Å². The Balaban J connectivity index is 0.00000261. The van der Waals surface area contributed by atoms with E-state index < -0.39 is 0 Å². The summed E-state index contributed by atoms with van der Waals surface area (Å²) >= 11 is 5.90. The quantitative estimate of drug-likeness (QED) is 0.335. The Morgan fingerprint density at radius 1 is 1.26 bits per heavy atom. The van der Waals surface area contributed by atoms with Crippen LogP contribution in [0, 0.1) is 5.41 Å². The molecule has 1 saturated carbocycles. The summed E-state index contributed by atoms with van der Waals surface area (Å²) in [6, 6.07) is 7.39. The summed E-state index contributed by atoms with van der Waals surface area (Å²) in [6.07, 6.45) is 5.81. The van der Waals surface area contributed by atoms with Crippen molar-refractivity contribution in [1.82, 2.24) is 20.8 Å². The molecule has 27 heavy (non-hydrogen) atoms. The standard InChI is InChI=1S/C19H26ClN5O.HI/c1-3-19(10-4-11-19)13-23-18(21-2)22-12-9-16-24-17(25-26-16)14-5-7-15(20)8-6-14;/h5-8H,3-4,9-13H2,1-2H3,(H2,21,22,23);1H. The van der Waals surface area contributed by atoms with Gasteiger partial charge in [-0.3, -0.25) is 4.99 Å². The van der Waals surface area contributed by atoms with E-state index in [1.54, 1.807) is 7.05 Å². The molecule has 1 fully saturated rings. The van der Waals surface area contributed by atoms with Gasteiger partial charge in [0.15, 0.2) is 5.96 Å². The summed E-state index contributed by atoms with van der Waals surface area (Å²) in [4.78, 5) is 8.72. The van der Waals surface area contributed by atoms with Gasteiger partial charge < -0.3 is 15.2 Å². The number of aromatic nitrogens is 2. The molecule has 0 aliphatic heterocycles. The van der Waals surface area contributed by atoms with E-state index in [9.17, 15) is 0 Å². The molecule has 3 rings (SSSR count). The zero-order valence-electron chi connectivity index (χ0n) is 15.8. The molecule has 8 heteroatoms. The van der Waals surface area contributed by atoms with Crippen molar-refractivity contribution >= 4 is 41.5 Å². The van der Waals surface area contributed by atoms with Crippen LogP contribution in [0.15, 0.2) is 33.8 Å². The minimum Gasteiger partial charge on any atom is -0.356 e. The molecule has 1 aromatic heterocycles. The predicted molar refractivity (Wildman–Crippen MR) is 120 cm³/mol. The van der Waals surface area contributed by atoms with E-state index in [0.29, 0.717) is 35.1 Å². The fourth-order valence-corrected chi connectivity index (χ4v) is 3.31. The zero-order valence-corrected chi connectivity index (χ0v) is 18.9. The van der Waals surface area contributed by atoms with Crippen molar-refractivity contribution in [3.8, 4) is 11.4 Å². The topological polar surface area (TPSA) is 75.3 Å². The molecular weight excluding hydrogens is 477 g/mol. The number of hydrogen-bond donors (Lipinski definition) is 2. The molecule has 2 aromatic rings. The smallest absolute Gasteiger partial charge is 0.228 e. The number of hydrogen-bond acceptors (Lipinski definition) is 4. The Kier molecular flexibility index (Phi) is 8.34. The highest BCUT2D eigenvalue weighted by Gasteiger charge is 2.34. The third kappa shape index (κ3) is 5.81. The van der Waals surface area contributed by atoms with E-state index in [1.165, 1.54) is 25.7 Å². The van der Waals surface area contributed by atoms with E-state index in [-0.39, 0.29) is 24.0 Å². The van der Waals surface area contributed by atoms with E-state index in [2.05, 4.69) is 32.7 Å². The molecule has 1 aromatic carbocycles. The van der Waals surface area contributed by atoms with Gasteiger partial charge in [0, 0.05) is 37.1 Å². The van der Waals surface area contributed by atoms with Crippen molar-refractivity contribution in [3.05, 3.63) is 35.2 Å². The minimum absolute atomic E-state index is 0. The van der Waals surface area contributed by atoms with Gasteiger partial charge in [-0.1, -0.05) is 30.1 Å². The van der Waals surface area contributed by atoms with Crippen molar-refractivity contribution in [2.24, 2.45) is 10.4 Å². The second-order valence-electron chi connectivity index (χ2n) is 6.83. The fraction of sp³-hybridized carbons (Fsp3) is 0.526. The maximum atomic E-state index is 5.90. The predicted octanol–water partition coefficient (Wildman–Crippen LogP) is 4.30. The largest absolute Gasteiger partial charge is 0.356 e. The molecule has 1 heterocycles. The molecule has 0 radical (unpaired) electrons. The summed E-state index contributed by atoms with van der Waals surface area (Å²) in [7, 11) is 1.79. The Bertz CT molecular complexity index is 737. The van der Waals surface area contributed by atoms with Gasteiger partial charge in [0.05, 0.1) is 0 Å². The van der Waals surface area contributed by atoms with Gasteiger partial charge in [0.25, 0.3) is 0 Å². The maximum absolute atomic E-state index is 5.90. The summed E-state index contributed by atoms with van der Waals surface area (Å²) in [6.45, 7) is 3.93. The van der Waals surface area contributed by atoms with Crippen LogP contribution in [0.2, 0.25) is 5.02 Å². The lowest BCUT2D eigenvalue weighted by Gasteiger charge is -2.41. The molecule has 0 unspecified atom stereocenters. The molecule has 2 N–H and O–H groups in total.